The van der Waals surface area contributed by atoms with E-state index in [2.05, 4.69) is 11.8 Å². The number of piperazine rings is 1. The zero-order valence-electron chi connectivity index (χ0n) is 12.3. The lowest BCUT2D eigenvalue weighted by Crippen LogP contribution is -2.60. The molecule has 2 atom stereocenters. The number of aromatic hydroxyl groups is 2. The molecule has 0 bridgehead atoms. The number of carbonyl (C=O) groups is 1. The molecule has 0 spiro atoms. The number of nitrogens with zero attached hydrogens (tertiary/aromatic N) is 2. The number of benzene rings is 1. The highest BCUT2D eigenvalue weighted by atomic mass is 16.3. The molecule has 5 heteroatoms. The third-order valence-electron chi connectivity index (χ3n) is 4.67. The lowest BCUT2D eigenvalue weighted by Gasteiger charge is -2.47. The average molecular weight is 290 g/mol. The van der Waals surface area contributed by atoms with Crippen molar-refractivity contribution in [1.29, 1.82) is 0 Å². The van der Waals surface area contributed by atoms with Crippen LogP contribution in [0.4, 0.5) is 0 Å². The fourth-order valence-corrected chi connectivity index (χ4v) is 3.46. The molecule has 0 aromatic heterocycles. The number of phenols is 2. The Morgan fingerprint density at radius 3 is 2.76 bits per heavy atom. The molecule has 0 aliphatic carbocycles. The lowest BCUT2D eigenvalue weighted by molar-refractivity contribution is 0.0151. The molecule has 1 aromatic rings. The monoisotopic (exact) mass is 290 g/mol. The van der Waals surface area contributed by atoms with Crippen LogP contribution in [0.2, 0.25) is 0 Å². The Bertz CT molecular complexity index is 546. The quantitative estimate of drug-likeness (QED) is 0.774. The number of amides is 1. The zero-order chi connectivity index (χ0) is 15.0. The van der Waals surface area contributed by atoms with Gasteiger partial charge >= 0.3 is 0 Å². The summed E-state index contributed by atoms with van der Waals surface area (Å²) < 4.78 is 0. The first-order valence-corrected chi connectivity index (χ1v) is 7.63. The SMILES string of the molecule is CC1CN2CCCCC2CN1C(=O)c1ccc(O)c(O)c1. The van der Waals surface area contributed by atoms with Gasteiger partial charge in [-0.05, 0) is 44.5 Å². The van der Waals surface area contributed by atoms with Crippen LogP contribution in [0.15, 0.2) is 18.2 Å². The summed E-state index contributed by atoms with van der Waals surface area (Å²) in [5.41, 5.74) is 0.432. The molecule has 0 radical (unpaired) electrons. The van der Waals surface area contributed by atoms with Crippen molar-refractivity contribution in [3.05, 3.63) is 23.8 Å². The first-order valence-electron chi connectivity index (χ1n) is 7.63. The Morgan fingerprint density at radius 1 is 1.19 bits per heavy atom. The Kier molecular flexibility index (Phi) is 3.76. The zero-order valence-corrected chi connectivity index (χ0v) is 12.3. The van der Waals surface area contributed by atoms with Crippen LogP contribution >= 0.6 is 0 Å². The van der Waals surface area contributed by atoms with Gasteiger partial charge in [0.2, 0.25) is 0 Å². The number of hydrogen-bond acceptors (Lipinski definition) is 4. The number of fused-ring (bicyclic) bond motifs is 1. The number of phenolic OH excluding ortho intramolecular Hbond substituents is 2. The van der Waals surface area contributed by atoms with Crippen LogP contribution in [-0.2, 0) is 0 Å². The lowest BCUT2D eigenvalue weighted by atomic mass is 9.96. The summed E-state index contributed by atoms with van der Waals surface area (Å²) in [6.45, 7) is 4.88. The van der Waals surface area contributed by atoms with Gasteiger partial charge in [-0.1, -0.05) is 6.42 Å². The highest BCUT2D eigenvalue weighted by Gasteiger charge is 2.35. The van der Waals surface area contributed by atoms with Crippen molar-refractivity contribution < 1.29 is 15.0 Å². The standard InChI is InChI=1S/C16H22N2O3/c1-11-9-17-7-3-2-4-13(17)10-18(11)16(21)12-5-6-14(19)15(20)8-12/h5-6,8,11,13,19-20H,2-4,7,9-10H2,1H3. The second kappa shape index (κ2) is 5.56. The maximum atomic E-state index is 12.7. The van der Waals surface area contributed by atoms with Crippen molar-refractivity contribution in [2.45, 2.75) is 38.3 Å². The molecule has 5 nitrogen and oxygen atoms in total. The maximum Gasteiger partial charge on any atom is 0.254 e. The molecular formula is C16H22N2O3. The number of piperidine rings is 1. The molecule has 2 aliphatic heterocycles. The number of carbonyl (C=O) groups excluding carboxylic acids is 1. The first kappa shape index (κ1) is 14.2. The van der Waals surface area contributed by atoms with Crippen LogP contribution < -0.4 is 0 Å². The molecule has 1 aromatic carbocycles. The predicted octanol–water partition coefficient (Wildman–Crippen LogP) is 1.80. The van der Waals surface area contributed by atoms with E-state index in [0.29, 0.717) is 11.6 Å². The number of hydrogen-bond donors (Lipinski definition) is 2. The van der Waals surface area contributed by atoms with Crippen molar-refractivity contribution in [2.75, 3.05) is 19.6 Å². The van der Waals surface area contributed by atoms with Crippen molar-refractivity contribution in [2.24, 2.45) is 0 Å². The fraction of sp³-hybridized carbons (Fsp3) is 0.562. The molecule has 2 aliphatic rings. The molecule has 1 amide bonds. The van der Waals surface area contributed by atoms with E-state index < -0.39 is 0 Å². The van der Waals surface area contributed by atoms with Gasteiger partial charge in [-0.3, -0.25) is 9.69 Å². The fourth-order valence-electron chi connectivity index (χ4n) is 3.46. The van der Waals surface area contributed by atoms with E-state index in [4.69, 9.17) is 0 Å². The van der Waals surface area contributed by atoms with E-state index in [0.717, 1.165) is 26.1 Å². The third-order valence-corrected chi connectivity index (χ3v) is 4.67. The normalized spacial score (nSPS) is 26.4. The van der Waals surface area contributed by atoms with Crippen molar-refractivity contribution in [3.63, 3.8) is 0 Å². The minimum atomic E-state index is -0.246. The second-order valence-corrected chi connectivity index (χ2v) is 6.15. The maximum absolute atomic E-state index is 12.7. The van der Waals surface area contributed by atoms with Gasteiger partial charge < -0.3 is 15.1 Å². The van der Waals surface area contributed by atoms with Crippen LogP contribution in [-0.4, -0.2) is 57.6 Å². The van der Waals surface area contributed by atoms with Crippen molar-refractivity contribution in [3.8, 4) is 11.5 Å². The Balaban J connectivity index is 1.78. The molecule has 114 valence electrons. The summed E-state index contributed by atoms with van der Waals surface area (Å²) in [5, 5.41) is 18.9. The van der Waals surface area contributed by atoms with Crippen LogP contribution in [0.3, 0.4) is 0 Å². The van der Waals surface area contributed by atoms with Crippen LogP contribution in [0.25, 0.3) is 0 Å². The van der Waals surface area contributed by atoms with Crippen LogP contribution in [0.5, 0.6) is 11.5 Å². The van der Waals surface area contributed by atoms with Crippen molar-refractivity contribution in [1.82, 2.24) is 9.80 Å². The van der Waals surface area contributed by atoms with Crippen LogP contribution in [0, 0.1) is 0 Å². The van der Waals surface area contributed by atoms with Gasteiger partial charge in [0, 0.05) is 30.7 Å². The van der Waals surface area contributed by atoms with E-state index in [1.165, 1.54) is 25.0 Å². The van der Waals surface area contributed by atoms with Crippen LogP contribution in [0.1, 0.15) is 36.5 Å². The van der Waals surface area contributed by atoms with Gasteiger partial charge in [0.05, 0.1) is 0 Å². The Labute approximate surface area is 124 Å². The second-order valence-electron chi connectivity index (χ2n) is 6.15. The van der Waals surface area contributed by atoms with Gasteiger partial charge in [-0.15, -0.1) is 0 Å². The Morgan fingerprint density at radius 2 is 2.00 bits per heavy atom. The predicted molar refractivity (Wildman–Crippen MR) is 79.5 cm³/mol. The molecule has 2 heterocycles. The third kappa shape index (κ3) is 2.70. The van der Waals surface area contributed by atoms with Gasteiger partial charge in [0.1, 0.15) is 0 Å². The minimum absolute atomic E-state index is 0.0666. The van der Waals surface area contributed by atoms with Gasteiger partial charge in [-0.2, -0.15) is 0 Å². The highest BCUT2D eigenvalue weighted by Crippen LogP contribution is 2.28. The Hall–Kier alpha value is -1.75. The van der Waals surface area contributed by atoms with Crippen molar-refractivity contribution >= 4 is 5.91 Å². The molecule has 2 N–H and O–H groups in total. The molecule has 2 fully saturated rings. The van der Waals surface area contributed by atoms with E-state index >= 15 is 0 Å². The number of rotatable bonds is 1. The first-order chi connectivity index (χ1) is 10.1. The molecule has 2 saturated heterocycles. The van der Waals surface area contributed by atoms with E-state index in [-0.39, 0.29) is 23.4 Å². The summed E-state index contributed by atoms with van der Waals surface area (Å²) in [6, 6.07) is 4.91. The average Bonchev–Trinajstić information content (AvgIpc) is 2.48. The summed E-state index contributed by atoms with van der Waals surface area (Å²) in [7, 11) is 0. The summed E-state index contributed by atoms with van der Waals surface area (Å²) in [6.07, 6.45) is 3.64. The van der Waals surface area contributed by atoms with E-state index in [1.54, 1.807) is 6.07 Å². The molecule has 2 unspecified atom stereocenters. The van der Waals surface area contributed by atoms with Gasteiger partial charge in [-0.25, -0.2) is 0 Å². The van der Waals surface area contributed by atoms with E-state index in [1.807, 2.05) is 4.90 Å². The topological polar surface area (TPSA) is 64.0 Å². The summed E-state index contributed by atoms with van der Waals surface area (Å²) in [5.74, 6) is -0.510. The molecular weight excluding hydrogens is 268 g/mol. The smallest absolute Gasteiger partial charge is 0.254 e. The summed E-state index contributed by atoms with van der Waals surface area (Å²) in [4.78, 5) is 17.1. The largest absolute Gasteiger partial charge is 0.504 e. The molecule has 3 rings (SSSR count). The molecule has 21 heavy (non-hydrogen) atoms. The van der Waals surface area contributed by atoms with E-state index in [9.17, 15) is 15.0 Å². The minimum Gasteiger partial charge on any atom is -0.504 e. The van der Waals surface area contributed by atoms with Gasteiger partial charge in [0.25, 0.3) is 5.91 Å². The van der Waals surface area contributed by atoms with Gasteiger partial charge in [0.15, 0.2) is 11.5 Å². The summed E-state index contributed by atoms with van der Waals surface area (Å²) >= 11 is 0. The highest BCUT2D eigenvalue weighted by molar-refractivity contribution is 5.95. The molecule has 0 saturated carbocycles.